The molecule has 9 nitrogen and oxygen atoms in total. The molecule has 0 aliphatic carbocycles. The highest BCUT2D eigenvalue weighted by Gasteiger charge is 2.22. The molecule has 2 atom stereocenters. The second kappa shape index (κ2) is 74.6. The Labute approximate surface area is 573 Å². The maximum absolute atomic E-state index is 13.0. The van der Waals surface area contributed by atoms with Crippen LogP contribution in [-0.4, -0.2) is 82.3 Å². The van der Waals surface area contributed by atoms with E-state index >= 15 is 0 Å². The van der Waals surface area contributed by atoms with E-state index in [9.17, 15) is 19.5 Å². The van der Waals surface area contributed by atoms with E-state index < -0.39 is 24.3 Å². The van der Waals surface area contributed by atoms with Crippen molar-refractivity contribution in [3.05, 3.63) is 24.3 Å². The van der Waals surface area contributed by atoms with Crippen LogP contribution < -0.4 is 5.11 Å². The number of carboxylic acids is 1. The Balaban J connectivity index is 3.91. The SMILES string of the molecule is CCCCCCC/C=C\C/C=C\CCCCCCCCCCCCCCCCCCCCCCCCCCCCCCCC(=O)OC(COC(=O)CCCCCCCCCCCCCCCCCCCCCCCCCCCC)COC(OCC[N+](C)(C)C)C(=O)[O-]. The molecule has 0 saturated carbocycles. The summed E-state index contributed by atoms with van der Waals surface area (Å²) in [7, 11) is 5.96. The Hall–Kier alpha value is -2.23. The van der Waals surface area contributed by atoms with Crippen LogP contribution in [0.4, 0.5) is 0 Å². The molecule has 0 bridgehead atoms. The molecule has 0 aromatic heterocycles. The van der Waals surface area contributed by atoms with Crippen LogP contribution in [0.5, 0.6) is 0 Å². The number of allylic oxidation sites excluding steroid dienone is 4. The summed E-state index contributed by atoms with van der Waals surface area (Å²) in [6.07, 6.45) is 91.8. The first-order valence-corrected chi connectivity index (χ1v) is 41.0. The van der Waals surface area contributed by atoms with Gasteiger partial charge >= 0.3 is 11.9 Å². The van der Waals surface area contributed by atoms with E-state index in [1.54, 1.807) is 0 Å². The van der Waals surface area contributed by atoms with Gasteiger partial charge in [0.1, 0.15) is 13.2 Å². The third-order valence-electron chi connectivity index (χ3n) is 19.0. The lowest BCUT2D eigenvalue weighted by atomic mass is 10.0. The molecular weight excluding hydrogens is 1140 g/mol. The average Bonchev–Trinajstić information content (AvgIpc) is 3.70. The minimum atomic E-state index is -1.62. The lowest BCUT2D eigenvalue weighted by Crippen LogP contribution is -2.44. The maximum Gasteiger partial charge on any atom is 0.306 e. The Morgan fingerprint density at radius 1 is 0.326 bits per heavy atom. The van der Waals surface area contributed by atoms with E-state index in [-0.39, 0.29) is 32.2 Å². The second-order valence-corrected chi connectivity index (χ2v) is 29.4. The monoisotopic (exact) mass is 1300 g/mol. The highest BCUT2D eigenvalue weighted by molar-refractivity contribution is 5.70. The minimum absolute atomic E-state index is 0.153. The summed E-state index contributed by atoms with van der Waals surface area (Å²) in [4.78, 5) is 37.6. The summed E-state index contributed by atoms with van der Waals surface area (Å²) in [5.74, 6) is -2.24. The number of likely N-dealkylation sites (N-methyl/N-ethyl adjacent to an activating group) is 1. The summed E-state index contributed by atoms with van der Waals surface area (Å²) in [6, 6.07) is 0. The fourth-order valence-corrected chi connectivity index (χ4v) is 12.7. The molecule has 0 aliphatic heterocycles. The predicted octanol–water partition coefficient (Wildman–Crippen LogP) is 24.8. The zero-order valence-electron chi connectivity index (χ0n) is 62.5. The summed E-state index contributed by atoms with van der Waals surface area (Å²) in [6.45, 7) is 4.83. The molecule has 0 fully saturated rings. The Morgan fingerprint density at radius 2 is 0.587 bits per heavy atom. The molecule has 0 aromatic carbocycles. The maximum atomic E-state index is 13.0. The van der Waals surface area contributed by atoms with Crippen LogP contribution in [0.2, 0.25) is 0 Å². The van der Waals surface area contributed by atoms with Gasteiger partial charge in [0.2, 0.25) is 0 Å². The van der Waals surface area contributed by atoms with Gasteiger partial charge in [-0.25, -0.2) is 0 Å². The molecule has 0 spiro atoms. The number of aliphatic carboxylic acids is 1. The average molecular weight is 1300 g/mol. The largest absolute Gasteiger partial charge is 0.545 e. The Morgan fingerprint density at radius 3 is 0.859 bits per heavy atom. The molecule has 0 saturated heterocycles. The van der Waals surface area contributed by atoms with Crippen molar-refractivity contribution in [1.29, 1.82) is 0 Å². The number of carbonyl (C=O) groups excluding carboxylic acids is 3. The summed E-state index contributed by atoms with van der Waals surface area (Å²) in [5, 5.41) is 11.9. The number of unbranched alkanes of at least 4 members (excludes halogenated alkanes) is 59. The molecule has 92 heavy (non-hydrogen) atoms. The van der Waals surface area contributed by atoms with Crippen LogP contribution >= 0.6 is 0 Å². The number of carbonyl (C=O) groups is 3. The number of nitrogens with zero attached hydrogens (tertiary/aromatic N) is 1. The van der Waals surface area contributed by atoms with Gasteiger partial charge in [-0.3, -0.25) is 9.59 Å². The van der Waals surface area contributed by atoms with Crippen LogP contribution in [0.3, 0.4) is 0 Å². The molecule has 0 aromatic rings. The van der Waals surface area contributed by atoms with Crippen molar-refractivity contribution in [1.82, 2.24) is 0 Å². The standard InChI is InChI=1S/C83H159NO8/c1-6-8-10-12-14-16-18-20-22-24-26-28-30-32-34-35-36-37-38-39-40-41-42-43-44-45-46-47-48-50-52-54-56-58-60-62-64-66-68-70-72-74-81(86)92-79(78-91-83(82(87)88)89-76-75-84(3,4)5)77-90-80(85)73-71-69-67-65-63-61-59-57-55-53-51-49-33-31-29-27-25-23-21-19-17-15-13-11-9-7-2/h18,20,24,26,79,83H,6-17,19,21-23,25,27-78H2,1-5H3/b20-18-,26-24-. The number of carboxylic acid groups (broad SMARTS) is 1. The van der Waals surface area contributed by atoms with Crippen LogP contribution in [0.1, 0.15) is 431 Å². The molecule has 0 amide bonds. The van der Waals surface area contributed by atoms with Crippen molar-refractivity contribution in [2.75, 3.05) is 47.5 Å². The Kier molecular flexibility index (Phi) is 72.8. The summed E-state index contributed by atoms with van der Waals surface area (Å²) < 4.78 is 22.9. The number of ether oxygens (including phenoxy) is 4. The fraction of sp³-hybridized carbons (Fsp3) is 0.916. The number of hydrogen-bond acceptors (Lipinski definition) is 8. The van der Waals surface area contributed by atoms with Crippen LogP contribution in [0.25, 0.3) is 0 Å². The van der Waals surface area contributed by atoms with E-state index in [2.05, 4.69) is 38.2 Å². The topological polar surface area (TPSA) is 111 Å². The third-order valence-corrected chi connectivity index (χ3v) is 19.0. The van der Waals surface area contributed by atoms with Crippen molar-refractivity contribution < 1.29 is 42.9 Å². The van der Waals surface area contributed by atoms with E-state index in [1.165, 1.54) is 360 Å². The third kappa shape index (κ3) is 75.2. The van der Waals surface area contributed by atoms with Gasteiger partial charge in [0.05, 0.1) is 40.3 Å². The molecule has 0 rings (SSSR count). The van der Waals surface area contributed by atoms with Gasteiger partial charge in [0.15, 0.2) is 12.4 Å². The molecule has 544 valence electrons. The number of rotatable bonds is 78. The van der Waals surface area contributed by atoms with Crippen molar-refractivity contribution in [2.24, 2.45) is 0 Å². The van der Waals surface area contributed by atoms with Crippen LogP contribution in [0, 0.1) is 0 Å². The van der Waals surface area contributed by atoms with Crippen molar-refractivity contribution in [3.8, 4) is 0 Å². The quantitative estimate of drug-likeness (QED) is 0.0195. The smallest absolute Gasteiger partial charge is 0.306 e. The first-order valence-electron chi connectivity index (χ1n) is 41.0. The van der Waals surface area contributed by atoms with Crippen molar-refractivity contribution in [3.63, 3.8) is 0 Å². The van der Waals surface area contributed by atoms with Crippen LogP contribution in [-0.2, 0) is 33.3 Å². The van der Waals surface area contributed by atoms with Gasteiger partial charge < -0.3 is 33.3 Å². The zero-order valence-corrected chi connectivity index (χ0v) is 62.5. The lowest BCUT2D eigenvalue weighted by molar-refractivity contribution is -0.870. The summed E-state index contributed by atoms with van der Waals surface area (Å²) in [5.41, 5.74) is 0. The first-order chi connectivity index (χ1) is 45.1. The molecule has 0 radical (unpaired) electrons. The predicted molar refractivity (Wildman–Crippen MR) is 394 cm³/mol. The fourth-order valence-electron chi connectivity index (χ4n) is 12.7. The molecular formula is C83H159NO8. The molecule has 2 unspecified atom stereocenters. The van der Waals surface area contributed by atoms with Crippen molar-refractivity contribution in [2.45, 2.75) is 444 Å². The van der Waals surface area contributed by atoms with Gasteiger partial charge in [-0.05, 0) is 44.9 Å². The normalized spacial score (nSPS) is 12.7. The van der Waals surface area contributed by atoms with Crippen LogP contribution in [0.15, 0.2) is 24.3 Å². The molecule has 0 aliphatic rings. The Bertz CT molecular complexity index is 1560. The van der Waals surface area contributed by atoms with Gasteiger partial charge in [-0.1, -0.05) is 398 Å². The summed E-state index contributed by atoms with van der Waals surface area (Å²) >= 11 is 0. The van der Waals surface area contributed by atoms with E-state index in [0.29, 0.717) is 17.4 Å². The van der Waals surface area contributed by atoms with E-state index in [0.717, 1.165) is 44.9 Å². The van der Waals surface area contributed by atoms with Gasteiger partial charge in [-0.15, -0.1) is 0 Å². The second-order valence-electron chi connectivity index (χ2n) is 29.4. The highest BCUT2D eigenvalue weighted by atomic mass is 16.7. The number of esters is 2. The number of hydrogen-bond donors (Lipinski definition) is 0. The van der Waals surface area contributed by atoms with Gasteiger partial charge in [-0.2, -0.15) is 0 Å². The lowest BCUT2D eigenvalue weighted by Gasteiger charge is -2.26. The minimum Gasteiger partial charge on any atom is -0.545 e. The zero-order chi connectivity index (χ0) is 66.8. The van der Waals surface area contributed by atoms with E-state index in [1.807, 2.05) is 21.1 Å². The molecule has 0 heterocycles. The van der Waals surface area contributed by atoms with E-state index in [4.69, 9.17) is 18.9 Å². The first kappa shape index (κ1) is 89.8. The van der Waals surface area contributed by atoms with Gasteiger partial charge in [0, 0.05) is 12.8 Å². The highest BCUT2D eigenvalue weighted by Crippen LogP contribution is 2.20. The molecule has 9 heteroatoms. The van der Waals surface area contributed by atoms with Gasteiger partial charge in [0.25, 0.3) is 0 Å². The van der Waals surface area contributed by atoms with Crippen molar-refractivity contribution >= 4 is 17.9 Å². The molecule has 0 N–H and O–H groups in total. The number of quaternary nitrogens is 1.